The number of aryl methyl sites for hydroxylation is 1. The van der Waals surface area contributed by atoms with Gasteiger partial charge in [0.15, 0.2) is 0 Å². The first kappa shape index (κ1) is 21.0. The van der Waals surface area contributed by atoms with E-state index in [4.69, 9.17) is 4.74 Å². The highest BCUT2D eigenvalue weighted by Gasteiger charge is 2.42. The number of allylic oxidation sites excluding steroid dienone is 2. The maximum atomic E-state index is 14.3. The van der Waals surface area contributed by atoms with Crippen molar-refractivity contribution >= 4 is 11.6 Å². The summed E-state index contributed by atoms with van der Waals surface area (Å²) in [5, 5.41) is 4.19. The lowest BCUT2D eigenvalue weighted by atomic mass is 9.89. The van der Waals surface area contributed by atoms with E-state index in [0.29, 0.717) is 5.88 Å². The number of amides is 1. The molecule has 1 amide bonds. The van der Waals surface area contributed by atoms with Crippen LogP contribution >= 0.6 is 0 Å². The molecule has 2 aliphatic rings. The van der Waals surface area contributed by atoms with Crippen molar-refractivity contribution in [3.8, 4) is 5.88 Å². The number of hydrogen-bond acceptors (Lipinski definition) is 5. The van der Waals surface area contributed by atoms with E-state index in [1.54, 1.807) is 24.3 Å². The number of alkyl halides is 1. The zero-order valence-corrected chi connectivity index (χ0v) is 17.2. The third-order valence-corrected chi connectivity index (χ3v) is 4.97. The molecule has 1 aromatic rings. The summed E-state index contributed by atoms with van der Waals surface area (Å²) in [4.78, 5) is 17.0. The predicted octanol–water partition coefficient (Wildman–Crippen LogP) is 2.97. The van der Waals surface area contributed by atoms with E-state index in [0.717, 1.165) is 22.9 Å². The van der Waals surface area contributed by atoms with Gasteiger partial charge in [-0.05, 0) is 51.5 Å². The van der Waals surface area contributed by atoms with Gasteiger partial charge in [-0.1, -0.05) is 6.08 Å². The second-order valence-corrected chi connectivity index (χ2v) is 7.71. The fraction of sp³-hybridized carbons (Fsp3) is 0.429. The number of nitrogens with one attached hydrogen (secondary N) is 2. The maximum absolute atomic E-state index is 14.3. The lowest BCUT2D eigenvalue weighted by Crippen LogP contribution is -2.58. The smallest absolute Gasteiger partial charge is 0.243 e. The zero-order valence-electron chi connectivity index (χ0n) is 17.2. The van der Waals surface area contributed by atoms with Crippen LogP contribution in [0.3, 0.4) is 0 Å². The number of hydrazine groups is 1. The Balaban J connectivity index is 1.79. The molecule has 0 saturated heterocycles. The topological polar surface area (TPSA) is 66.5 Å². The number of hydrogen-bond donors (Lipinski definition) is 2. The average molecular weight is 404 g/mol. The molecule has 8 heteroatoms. The fourth-order valence-electron chi connectivity index (χ4n) is 3.29. The standard InChI is InChI=1S/C21H26F2N4O2/c1-12(2)29-19-9-13(3)14(11-24-19)16-10-15(26-27(16)5)20(28)25-21(4)17(22)7-6-8-18(21)23/h6-12,15,17,26H,1-5H3,(H,25,28). The minimum atomic E-state index is -1.73. The first-order chi connectivity index (χ1) is 13.6. The molecule has 6 nitrogen and oxygen atoms in total. The summed E-state index contributed by atoms with van der Waals surface area (Å²) in [6, 6.07) is 1.06. The Hall–Kier alpha value is -2.74. The number of rotatable bonds is 5. The molecule has 0 saturated carbocycles. The predicted molar refractivity (Wildman–Crippen MR) is 107 cm³/mol. The van der Waals surface area contributed by atoms with Gasteiger partial charge in [-0.25, -0.2) is 19.2 Å². The highest BCUT2D eigenvalue weighted by molar-refractivity contribution is 5.88. The van der Waals surface area contributed by atoms with E-state index in [2.05, 4.69) is 15.7 Å². The van der Waals surface area contributed by atoms with Gasteiger partial charge in [-0.3, -0.25) is 4.79 Å². The van der Waals surface area contributed by atoms with Gasteiger partial charge in [0.2, 0.25) is 11.8 Å². The molecule has 156 valence electrons. The monoisotopic (exact) mass is 404 g/mol. The molecule has 2 heterocycles. The zero-order chi connectivity index (χ0) is 21.3. The molecule has 0 fully saturated rings. The van der Waals surface area contributed by atoms with E-state index in [1.807, 2.05) is 26.8 Å². The van der Waals surface area contributed by atoms with Crippen molar-refractivity contribution in [2.24, 2.45) is 0 Å². The van der Waals surface area contributed by atoms with Gasteiger partial charge in [-0.2, -0.15) is 0 Å². The molecule has 1 aliphatic heterocycles. The largest absolute Gasteiger partial charge is 0.475 e. The molecular formula is C21H26F2N4O2. The van der Waals surface area contributed by atoms with E-state index in [1.165, 1.54) is 19.1 Å². The lowest BCUT2D eigenvalue weighted by molar-refractivity contribution is -0.124. The van der Waals surface area contributed by atoms with E-state index >= 15 is 0 Å². The van der Waals surface area contributed by atoms with Crippen LogP contribution in [0.1, 0.15) is 31.9 Å². The van der Waals surface area contributed by atoms with Gasteiger partial charge in [0.1, 0.15) is 23.6 Å². The normalized spacial score (nSPS) is 26.4. The van der Waals surface area contributed by atoms with E-state index < -0.39 is 29.5 Å². The molecule has 0 radical (unpaired) electrons. The molecule has 0 bridgehead atoms. The number of carbonyl (C=O) groups is 1. The number of pyridine rings is 1. The molecule has 3 atom stereocenters. The minimum Gasteiger partial charge on any atom is -0.475 e. The lowest BCUT2D eigenvalue weighted by Gasteiger charge is -2.33. The summed E-state index contributed by atoms with van der Waals surface area (Å²) in [7, 11) is 1.76. The van der Waals surface area contributed by atoms with Gasteiger partial charge < -0.3 is 15.1 Å². The quantitative estimate of drug-likeness (QED) is 0.790. The Morgan fingerprint density at radius 1 is 1.45 bits per heavy atom. The van der Waals surface area contributed by atoms with Crippen molar-refractivity contribution in [1.29, 1.82) is 0 Å². The van der Waals surface area contributed by atoms with Crippen molar-refractivity contribution in [1.82, 2.24) is 20.7 Å². The summed E-state index contributed by atoms with van der Waals surface area (Å²) >= 11 is 0. The summed E-state index contributed by atoms with van der Waals surface area (Å²) < 4.78 is 34.1. The molecule has 3 unspecified atom stereocenters. The van der Waals surface area contributed by atoms with Gasteiger partial charge in [-0.15, -0.1) is 0 Å². The summed E-state index contributed by atoms with van der Waals surface area (Å²) in [6.45, 7) is 7.10. The Kier molecular flexibility index (Phi) is 5.75. The highest BCUT2D eigenvalue weighted by Crippen LogP contribution is 2.30. The Bertz CT molecular complexity index is 897. The van der Waals surface area contributed by atoms with Crippen molar-refractivity contribution < 1.29 is 18.3 Å². The van der Waals surface area contributed by atoms with Crippen LogP contribution in [-0.4, -0.2) is 46.8 Å². The fourth-order valence-corrected chi connectivity index (χ4v) is 3.29. The van der Waals surface area contributed by atoms with Gasteiger partial charge in [0.05, 0.1) is 11.8 Å². The number of aromatic nitrogens is 1. The van der Waals surface area contributed by atoms with Crippen molar-refractivity contribution in [3.05, 3.63) is 53.5 Å². The minimum absolute atomic E-state index is 0.0145. The molecule has 0 aromatic carbocycles. The molecule has 0 spiro atoms. The van der Waals surface area contributed by atoms with Crippen molar-refractivity contribution in [2.45, 2.75) is 51.6 Å². The first-order valence-electron chi connectivity index (χ1n) is 9.47. The molecule has 2 N–H and O–H groups in total. The maximum Gasteiger partial charge on any atom is 0.243 e. The molecule has 1 aliphatic carbocycles. The van der Waals surface area contributed by atoms with Crippen LogP contribution in [0.15, 0.2) is 42.4 Å². The molecule has 1 aromatic heterocycles. The second-order valence-electron chi connectivity index (χ2n) is 7.71. The van der Waals surface area contributed by atoms with Crippen LogP contribution in [0, 0.1) is 6.92 Å². The summed E-state index contributed by atoms with van der Waals surface area (Å²) in [5.41, 5.74) is 3.77. The van der Waals surface area contributed by atoms with Crippen LogP contribution < -0.4 is 15.5 Å². The number of nitrogens with zero attached hydrogens (tertiary/aromatic N) is 2. The number of halogens is 2. The van der Waals surface area contributed by atoms with Crippen LogP contribution in [-0.2, 0) is 4.79 Å². The third-order valence-electron chi connectivity index (χ3n) is 4.97. The average Bonchev–Trinajstić information content (AvgIpc) is 3.01. The van der Waals surface area contributed by atoms with Crippen LogP contribution in [0.4, 0.5) is 8.78 Å². The van der Waals surface area contributed by atoms with Crippen LogP contribution in [0.25, 0.3) is 5.70 Å². The molecular weight excluding hydrogens is 378 g/mol. The second kappa shape index (κ2) is 7.94. The number of carbonyl (C=O) groups excluding carboxylic acids is 1. The van der Waals surface area contributed by atoms with Crippen molar-refractivity contribution in [2.75, 3.05) is 7.05 Å². The Morgan fingerprint density at radius 3 is 2.79 bits per heavy atom. The number of ether oxygens (including phenoxy) is 1. The van der Waals surface area contributed by atoms with Gasteiger partial charge >= 0.3 is 0 Å². The summed E-state index contributed by atoms with van der Waals surface area (Å²) in [6.07, 6.45) is 5.43. The molecule has 29 heavy (non-hydrogen) atoms. The van der Waals surface area contributed by atoms with Gasteiger partial charge in [0.25, 0.3) is 0 Å². The van der Waals surface area contributed by atoms with E-state index in [-0.39, 0.29) is 6.10 Å². The van der Waals surface area contributed by atoms with Crippen LogP contribution in [0.5, 0.6) is 5.88 Å². The highest BCUT2D eigenvalue weighted by atomic mass is 19.1. The summed E-state index contributed by atoms with van der Waals surface area (Å²) in [5.74, 6) is -0.724. The Morgan fingerprint density at radius 2 is 2.17 bits per heavy atom. The van der Waals surface area contributed by atoms with Crippen molar-refractivity contribution in [3.63, 3.8) is 0 Å². The van der Waals surface area contributed by atoms with E-state index in [9.17, 15) is 13.6 Å². The van der Waals surface area contributed by atoms with Gasteiger partial charge in [0, 0.05) is 24.9 Å². The third kappa shape index (κ3) is 4.17. The SMILES string of the molecule is Cc1cc(OC(C)C)ncc1C1=CC(C(=O)NC2(C)C(F)=CC=CC2F)NN1C. The molecule has 3 rings (SSSR count). The van der Waals surface area contributed by atoms with Crippen LogP contribution in [0.2, 0.25) is 0 Å². The Labute approximate surface area is 169 Å². The first-order valence-corrected chi connectivity index (χ1v) is 9.47.